The maximum Gasteiger partial charge on any atom is 0.261 e. The molecule has 26 heavy (non-hydrogen) atoms. The Hall–Kier alpha value is -2.89. The van der Waals surface area contributed by atoms with Crippen LogP contribution in [-0.4, -0.2) is 23.8 Å². The average molecular weight is 354 g/mol. The number of H-pyrrole nitrogens is 1. The van der Waals surface area contributed by atoms with E-state index in [1.165, 1.54) is 6.07 Å². The number of benzene rings is 1. The lowest BCUT2D eigenvalue weighted by atomic mass is 9.75. The van der Waals surface area contributed by atoms with Crippen molar-refractivity contribution in [1.82, 2.24) is 10.3 Å². The quantitative estimate of drug-likeness (QED) is 0.883. The van der Waals surface area contributed by atoms with Gasteiger partial charge < -0.3 is 15.0 Å². The molecule has 0 spiro atoms. The van der Waals surface area contributed by atoms with Crippen molar-refractivity contribution in [3.8, 4) is 5.75 Å². The lowest BCUT2D eigenvalue weighted by molar-refractivity contribution is 0.0910. The van der Waals surface area contributed by atoms with E-state index in [-0.39, 0.29) is 23.3 Å². The zero-order chi connectivity index (χ0) is 18.9. The van der Waals surface area contributed by atoms with Crippen LogP contribution in [0.25, 0.3) is 0 Å². The highest BCUT2D eigenvalue weighted by atomic mass is 16.5. The predicted octanol–water partition coefficient (Wildman–Crippen LogP) is 2.47. The van der Waals surface area contributed by atoms with Crippen LogP contribution in [0.3, 0.4) is 0 Å². The van der Waals surface area contributed by atoms with Gasteiger partial charge in [0, 0.05) is 29.8 Å². The predicted molar refractivity (Wildman–Crippen MR) is 97.7 cm³/mol. The van der Waals surface area contributed by atoms with E-state index in [9.17, 15) is 14.4 Å². The molecule has 6 nitrogen and oxygen atoms in total. The summed E-state index contributed by atoms with van der Waals surface area (Å²) < 4.78 is 5.25. The molecule has 0 atom stereocenters. The number of aromatic nitrogens is 1. The molecule has 0 aliphatic heterocycles. The van der Waals surface area contributed by atoms with Crippen LogP contribution in [0.2, 0.25) is 0 Å². The minimum atomic E-state index is -0.516. The summed E-state index contributed by atoms with van der Waals surface area (Å²) in [5.41, 5.74) is 1.12. The van der Waals surface area contributed by atoms with Crippen LogP contribution < -0.4 is 15.6 Å². The summed E-state index contributed by atoms with van der Waals surface area (Å²) in [6.45, 7) is 4.19. The Morgan fingerprint density at radius 2 is 1.96 bits per heavy atom. The van der Waals surface area contributed by atoms with E-state index in [0.717, 1.165) is 5.56 Å². The van der Waals surface area contributed by atoms with Crippen molar-refractivity contribution >= 4 is 11.7 Å². The standard InChI is InChI=1S/C20H22N2O4/c1-20(2)9-15-13(16(23)10-20)8-14(19(25)22-15)18(24)21-11-12-6-4-5-7-17(12)26-3/h4-8H,9-11H2,1-3H3,(H,21,24)(H,22,25). The number of ether oxygens (including phenoxy) is 1. The van der Waals surface area contributed by atoms with E-state index in [1.54, 1.807) is 13.2 Å². The number of pyridine rings is 1. The van der Waals surface area contributed by atoms with Crippen molar-refractivity contribution in [1.29, 1.82) is 0 Å². The van der Waals surface area contributed by atoms with Gasteiger partial charge in [-0.25, -0.2) is 0 Å². The Bertz CT molecular complexity index is 928. The third-order valence-corrected chi connectivity index (χ3v) is 4.59. The number of rotatable bonds is 4. The number of carbonyl (C=O) groups is 2. The number of aromatic amines is 1. The fraction of sp³-hybridized carbons (Fsp3) is 0.350. The molecular weight excluding hydrogens is 332 g/mol. The number of amides is 1. The molecule has 6 heteroatoms. The van der Waals surface area contributed by atoms with Crippen molar-refractivity contribution in [3.63, 3.8) is 0 Å². The number of fused-ring (bicyclic) bond motifs is 1. The maximum absolute atomic E-state index is 12.5. The second-order valence-electron chi connectivity index (χ2n) is 7.34. The van der Waals surface area contributed by atoms with Crippen LogP contribution in [0.15, 0.2) is 35.1 Å². The maximum atomic E-state index is 12.5. The molecule has 2 N–H and O–H groups in total. The highest BCUT2D eigenvalue weighted by Gasteiger charge is 2.32. The Morgan fingerprint density at radius 3 is 2.69 bits per heavy atom. The zero-order valence-corrected chi connectivity index (χ0v) is 15.1. The Balaban J connectivity index is 1.84. The van der Waals surface area contributed by atoms with Gasteiger partial charge >= 0.3 is 0 Å². The smallest absolute Gasteiger partial charge is 0.261 e. The van der Waals surface area contributed by atoms with E-state index < -0.39 is 11.5 Å². The molecule has 0 bridgehead atoms. The molecule has 0 saturated carbocycles. The van der Waals surface area contributed by atoms with Gasteiger partial charge in [-0.15, -0.1) is 0 Å². The molecule has 2 aromatic rings. The van der Waals surface area contributed by atoms with Gasteiger partial charge in [0.05, 0.1) is 7.11 Å². The van der Waals surface area contributed by atoms with Gasteiger partial charge in [0.1, 0.15) is 11.3 Å². The van der Waals surface area contributed by atoms with E-state index in [1.807, 2.05) is 32.0 Å². The van der Waals surface area contributed by atoms with Crippen LogP contribution in [-0.2, 0) is 13.0 Å². The van der Waals surface area contributed by atoms with Gasteiger partial charge in [0.25, 0.3) is 11.5 Å². The molecule has 1 heterocycles. The molecule has 0 saturated heterocycles. The Kier molecular flexibility index (Phi) is 4.68. The number of hydrogen-bond acceptors (Lipinski definition) is 4. The number of methoxy groups -OCH3 is 1. The SMILES string of the molecule is COc1ccccc1CNC(=O)c1cc2c([nH]c1=O)CC(C)(C)CC2=O. The lowest BCUT2D eigenvalue weighted by Crippen LogP contribution is -2.34. The first kappa shape index (κ1) is 17.9. The number of hydrogen-bond donors (Lipinski definition) is 2. The van der Waals surface area contributed by atoms with Crippen molar-refractivity contribution < 1.29 is 14.3 Å². The first-order valence-electron chi connectivity index (χ1n) is 8.50. The molecule has 1 aliphatic carbocycles. The highest BCUT2D eigenvalue weighted by molar-refractivity contribution is 6.02. The monoisotopic (exact) mass is 354 g/mol. The van der Waals surface area contributed by atoms with Crippen LogP contribution in [0.4, 0.5) is 0 Å². The summed E-state index contributed by atoms with van der Waals surface area (Å²) in [7, 11) is 1.56. The molecular formula is C20H22N2O4. The molecule has 1 amide bonds. The summed E-state index contributed by atoms with van der Waals surface area (Å²) in [4.78, 5) is 39.9. The second kappa shape index (κ2) is 6.78. The van der Waals surface area contributed by atoms with E-state index in [0.29, 0.717) is 29.8 Å². The number of nitrogens with one attached hydrogen (secondary N) is 2. The Labute approximate surface area is 151 Å². The van der Waals surface area contributed by atoms with Crippen LogP contribution in [0, 0.1) is 5.41 Å². The average Bonchev–Trinajstić information content (AvgIpc) is 2.58. The molecule has 1 aromatic carbocycles. The minimum Gasteiger partial charge on any atom is -0.496 e. The largest absolute Gasteiger partial charge is 0.496 e. The fourth-order valence-corrected chi connectivity index (χ4v) is 3.32. The van der Waals surface area contributed by atoms with E-state index >= 15 is 0 Å². The third kappa shape index (κ3) is 3.54. The van der Waals surface area contributed by atoms with Crippen LogP contribution in [0.1, 0.15) is 52.2 Å². The molecule has 1 aliphatic rings. The first-order chi connectivity index (χ1) is 12.3. The van der Waals surface area contributed by atoms with Gasteiger partial charge in [-0.1, -0.05) is 32.0 Å². The van der Waals surface area contributed by atoms with Gasteiger partial charge in [0.15, 0.2) is 5.78 Å². The lowest BCUT2D eigenvalue weighted by Gasteiger charge is -2.29. The summed E-state index contributed by atoms with van der Waals surface area (Å²) in [5, 5.41) is 2.72. The van der Waals surface area contributed by atoms with Crippen molar-refractivity contribution in [2.45, 2.75) is 33.2 Å². The Morgan fingerprint density at radius 1 is 1.23 bits per heavy atom. The third-order valence-electron chi connectivity index (χ3n) is 4.59. The molecule has 0 fully saturated rings. The van der Waals surface area contributed by atoms with Gasteiger partial charge in [0.2, 0.25) is 0 Å². The van der Waals surface area contributed by atoms with Crippen molar-refractivity contribution in [3.05, 3.63) is 63.1 Å². The van der Waals surface area contributed by atoms with E-state index in [4.69, 9.17) is 4.74 Å². The van der Waals surface area contributed by atoms with Gasteiger partial charge in [-0.2, -0.15) is 0 Å². The van der Waals surface area contributed by atoms with Crippen LogP contribution >= 0.6 is 0 Å². The number of Topliss-reactive ketones (excluding diaryl/α,β-unsaturated/α-hetero) is 1. The topological polar surface area (TPSA) is 88.3 Å². The zero-order valence-electron chi connectivity index (χ0n) is 15.1. The summed E-state index contributed by atoms with van der Waals surface area (Å²) >= 11 is 0. The highest BCUT2D eigenvalue weighted by Crippen LogP contribution is 2.33. The van der Waals surface area contributed by atoms with Crippen molar-refractivity contribution in [2.75, 3.05) is 7.11 Å². The number of para-hydroxylation sites is 1. The molecule has 1 aromatic heterocycles. The summed E-state index contributed by atoms with van der Waals surface area (Å²) in [6, 6.07) is 8.74. The van der Waals surface area contributed by atoms with E-state index in [2.05, 4.69) is 10.3 Å². The van der Waals surface area contributed by atoms with Crippen LogP contribution in [0.5, 0.6) is 5.75 Å². The molecule has 0 unspecified atom stereocenters. The number of ketones is 1. The minimum absolute atomic E-state index is 0.0493. The summed E-state index contributed by atoms with van der Waals surface area (Å²) in [6.07, 6.45) is 1.00. The second-order valence-corrected chi connectivity index (χ2v) is 7.34. The van der Waals surface area contributed by atoms with Gasteiger partial charge in [-0.05, 0) is 24.0 Å². The fourth-order valence-electron chi connectivity index (χ4n) is 3.32. The number of carbonyl (C=O) groups excluding carboxylic acids is 2. The van der Waals surface area contributed by atoms with Gasteiger partial charge in [-0.3, -0.25) is 14.4 Å². The summed E-state index contributed by atoms with van der Waals surface area (Å²) in [5.74, 6) is 0.0911. The first-order valence-corrected chi connectivity index (χ1v) is 8.50. The normalized spacial score (nSPS) is 15.3. The van der Waals surface area contributed by atoms with Crippen molar-refractivity contribution in [2.24, 2.45) is 5.41 Å². The molecule has 3 rings (SSSR count). The molecule has 0 radical (unpaired) electrons. The molecule has 136 valence electrons.